The summed E-state index contributed by atoms with van der Waals surface area (Å²) in [5, 5.41) is 5.00. The van der Waals surface area contributed by atoms with Gasteiger partial charge in [-0.15, -0.1) is 0 Å². The molecule has 23 heavy (non-hydrogen) atoms. The maximum Gasteiger partial charge on any atom is 0.391 e. The number of alkyl halides is 3. The zero-order valence-electron chi connectivity index (χ0n) is 12.2. The fraction of sp³-hybridized carbons (Fsp3) is 0.500. The third-order valence-corrected chi connectivity index (χ3v) is 3.75. The largest absolute Gasteiger partial charge is 0.391 e. The van der Waals surface area contributed by atoms with Crippen molar-refractivity contribution in [2.24, 2.45) is 11.7 Å². The molecule has 1 fully saturated rings. The molecule has 0 bridgehead atoms. The van der Waals surface area contributed by atoms with Gasteiger partial charge >= 0.3 is 12.2 Å². The number of hydrogen-bond donors (Lipinski definition) is 3. The summed E-state index contributed by atoms with van der Waals surface area (Å²) in [5.74, 6) is -2.07. The molecule has 4 N–H and O–H groups in total. The summed E-state index contributed by atoms with van der Waals surface area (Å²) in [7, 11) is 0. The number of nitrogens with two attached hydrogens (primary N) is 1. The first-order valence-electron chi connectivity index (χ1n) is 7.16. The van der Waals surface area contributed by atoms with Gasteiger partial charge in [-0.05, 0) is 31.4 Å². The number of urea groups is 1. The lowest BCUT2D eigenvalue weighted by Gasteiger charge is -2.30. The van der Waals surface area contributed by atoms with E-state index in [1.54, 1.807) is 0 Å². The van der Waals surface area contributed by atoms with Crippen molar-refractivity contribution in [1.29, 1.82) is 0 Å². The smallest absolute Gasteiger partial charge is 0.364 e. The molecule has 9 heteroatoms. The van der Waals surface area contributed by atoms with Gasteiger partial charge in [0.15, 0.2) is 0 Å². The number of amides is 3. The number of anilines is 1. The molecule has 0 unspecified atom stereocenters. The second-order valence-electron chi connectivity index (χ2n) is 5.50. The van der Waals surface area contributed by atoms with Crippen LogP contribution in [0, 0.1) is 5.92 Å². The first-order valence-corrected chi connectivity index (χ1v) is 7.16. The standard InChI is InChI=1S/C14H17F3N4O2/c15-14(16,17)8-2-1-3-9(6-8)20-13(23)21-10-4-5-11(12(18)22)19-7-10/h4-5,7-9H,1-3,6H2,(H2,18,22)(H2,20,21,23)/t8-,9-/m1/s1. The Morgan fingerprint density at radius 3 is 2.57 bits per heavy atom. The van der Waals surface area contributed by atoms with E-state index in [0.29, 0.717) is 18.5 Å². The molecule has 2 atom stereocenters. The topological polar surface area (TPSA) is 97.1 Å². The maximum atomic E-state index is 12.7. The summed E-state index contributed by atoms with van der Waals surface area (Å²) in [5.41, 5.74) is 5.41. The summed E-state index contributed by atoms with van der Waals surface area (Å²) in [4.78, 5) is 26.5. The fourth-order valence-corrected chi connectivity index (χ4v) is 2.58. The van der Waals surface area contributed by atoms with Crippen molar-refractivity contribution in [3.63, 3.8) is 0 Å². The van der Waals surface area contributed by atoms with E-state index in [4.69, 9.17) is 5.73 Å². The van der Waals surface area contributed by atoms with Crippen LogP contribution in [-0.2, 0) is 0 Å². The zero-order chi connectivity index (χ0) is 17.0. The number of primary amides is 1. The lowest BCUT2D eigenvalue weighted by molar-refractivity contribution is -0.183. The first-order chi connectivity index (χ1) is 10.8. The van der Waals surface area contributed by atoms with Crippen LogP contribution in [0.2, 0.25) is 0 Å². The minimum absolute atomic E-state index is 0.0521. The zero-order valence-corrected chi connectivity index (χ0v) is 12.2. The highest BCUT2D eigenvalue weighted by atomic mass is 19.4. The second kappa shape index (κ2) is 6.84. The molecule has 6 nitrogen and oxygen atoms in total. The number of halogens is 3. The van der Waals surface area contributed by atoms with Crippen LogP contribution in [-0.4, -0.2) is 29.1 Å². The van der Waals surface area contributed by atoms with Gasteiger partial charge in [0.05, 0.1) is 17.8 Å². The highest BCUT2D eigenvalue weighted by molar-refractivity contribution is 5.92. The van der Waals surface area contributed by atoms with Crippen LogP contribution in [0.3, 0.4) is 0 Å². The monoisotopic (exact) mass is 330 g/mol. The first kappa shape index (κ1) is 17.0. The molecule has 0 aliphatic heterocycles. The number of hydrogen-bond acceptors (Lipinski definition) is 3. The average molecular weight is 330 g/mol. The number of rotatable bonds is 3. The van der Waals surface area contributed by atoms with E-state index < -0.39 is 30.1 Å². The quantitative estimate of drug-likeness (QED) is 0.794. The van der Waals surface area contributed by atoms with E-state index in [2.05, 4.69) is 15.6 Å². The van der Waals surface area contributed by atoms with E-state index in [1.165, 1.54) is 18.3 Å². The predicted molar refractivity (Wildman–Crippen MR) is 76.7 cm³/mol. The van der Waals surface area contributed by atoms with E-state index in [1.807, 2.05) is 0 Å². The van der Waals surface area contributed by atoms with Gasteiger partial charge < -0.3 is 16.4 Å². The Labute approximate surface area is 130 Å². The minimum atomic E-state index is -4.23. The molecule has 0 aromatic carbocycles. The Balaban J connectivity index is 1.88. The molecule has 1 aliphatic rings. The van der Waals surface area contributed by atoms with Crippen LogP contribution in [0.25, 0.3) is 0 Å². The molecule has 126 valence electrons. The van der Waals surface area contributed by atoms with Gasteiger partial charge in [-0.25, -0.2) is 9.78 Å². The Morgan fingerprint density at radius 1 is 1.26 bits per heavy atom. The van der Waals surface area contributed by atoms with E-state index in [0.717, 1.165) is 0 Å². The lowest BCUT2D eigenvalue weighted by Crippen LogP contribution is -2.43. The Bertz CT molecular complexity index is 574. The van der Waals surface area contributed by atoms with Crippen LogP contribution in [0.4, 0.5) is 23.7 Å². The number of pyridine rings is 1. The van der Waals surface area contributed by atoms with E-state index in [9.17, 15) is 22.8 Å². The molecule has 1 saturated carbocycles. The molecule has 1 aromatic heterocycles. The molecule has 2 rings (SSSR count). The number of carbonyl (C=O) groups is 2. The van der Waals surface area contributed by atoms with E-state index in [-0.39, 0.29) is 18.5 Å². The Morgan fingerprint density at radius 2 is 2.00 bits per heavy atom. The molecular weight excluding hydrogens is 313 g/mol. The van der Waals surface area contributed by atoms with Crippen molar-refractivity contribution in [3.05, 3.63) is 24.0 Å². The van der Waals surface area contributed by atoms with E-state index >= 15 is 0 Å². The Hall–Kier alpha value is -2.32. The van der Waals surface area contributed by atoms with Crippen LogP contribution in [0.15, 0.2) is 18.3 Å². The van der Waals surface area contributed by atoms with Crippen molar-refractivity contribution in [2.45, 2.75) is 37.9 Å². The van der Waals surface area contributed by atoms with Crippen molar-refractivity contribution >= 4 is 17.6 Å². The highest BCUT2D eigenvalue weighted by Crippen LogP contribution is 2.37. The average Bonchev–Trinajstić information content (AvgIpc) is 2.47. The summed E-state index contributed by atoms with van der Waals surface area (Å²) in [6.07, 6.45) is -2.06. The second-order valence-corrected chi connectivity index (χ2v) is 5.50. The number of nitrogens with zero attached hydrogens (tertiary/aromatic N) is 1. The SMILES string of the molecule is NC(=O)c1ccc(NC(=O)N[C@@H]2CCC[C@@H](C(F)(F)F)C2)cn1. The maximum absolute atomic E-state index is 12.7. The third-order valence-electron chi connectivity index (χ3n) is 3.75. The normalized spacial score (nSPS) is 21.5. The molecule has 0 radical (unpaired) electrons. The van der Waals surface area contributed by atoms with Gasteiger partial charge in [0.2, 0.25) is 0 Å². The van der Waals surface area contributed by atoms with Gasteiger partial charge in [-0.2, -0.15) is 13.2 Å². The third kappa shape index (κ3) is 4.83. The lowest BCUT2D eigenvalue weighted by atomic mass is 9.85. The van der Waals surface area contributed by atoms with Crippen LogP contribution >= 0.6 is 0 Å². The van der Waals surface area contributed by atoms with Crippen LogP contribution < -0.4 is 16.4 Å². The summed E-state index contributed by atoms with van der Waals surface area (Å²) >= 11 is 0. The predicted octanol–water partition coefficient (Wildman–Crippen LogP) is 2.42. The molecule has 1 heterocycles. The number of nitrogens with one attached hydrogen (secondary N) is 2. The minimum Gasteiger partial charge on any atom is -0.364 e. The van der Waals surface area contributed by atoms with Crippen LogP contribution in [0.1, 0.15) is 36.2 Å². The number of aromatic nitrogens is 1. The Kier molecular flexibility index (Phi) is 5.07. The van der Waals surface area contributed by atoms with Crippen molar-refractivity contribution < 1.29 is 22.8 Å². The number of carbonyl (C=O) groups excluding carboxylic acids is 2. The van der Waals surface area contributed by atoms with Gasteiger partial charge in [0.1, 0.15) is 5.69 Å². The molecule has 3 amide bonds. The molecule has 0 saturated heterocycles. The molecule has 1 aromatic rings. The summed E-state index contributed by atoms with van der Waals surface area (Å²) in [6, 6.07) is 1.66. The summed E-state index contributed by atoms with van der Waals surface area (Å²) < 4.78 is 38.2. The molecule has 1 aliphatic carbocycles. The fourth-order valence-electron chi connectivity index (χ4n) is 2.58. The molecular formula is C14H17F3N4O2. The van der Waals surface area contributed by atoms with Gasteiger partial charge in [0, 0.05) is 6.04 Å². The van der Waals surface area contributed by atoms with Crippen LogP contribution in [0.5, 0.6) is 0 Å². The van der Waals surface area contributed by atoms with Gasteiger partial charge in [-0.1, -0.05) is 6.42 Å². The highest BCUT2D eigenvalue weighted by Gasteiger charge is 2.42. The van der Waals surface area contributed by atoms with Crippen molar-refractivity contribution in [3.8, 4) is 0 Å². The van der Waals surface area contributed by atoms with Gasteiger partial charge in [0.25, 0.3) is 5.91 Å². The molecule has 0 spiro atoms. The van der Waals surface area contributed by atoms with Gasteiger partial charge in [-0.3, -0.25) is 4.79 Å². The van der Waals surface area contributed by atoms with Crippen molar-refractivity contribution in [1.82, 2.24) is 10.3 Å². The van der Waals surface area contributed by atoms with Crippen molar-refractivity contribution in [2.75, 3.05) is 5.32 Å². The summed E-state index contributed by atoms with van der Waals surface area (Å²) in [6.45, 7) is 0.